The van der Waals surface area contributed by atoms with E-state index in [1.807, 2.05) is 19.1 Å². The lowest BCUT2D eigenvalue weighted by atomic mass is 10.1. The maximum absolute atomic E-state index is 5.81. The van der Waals surface area contributed by atoms with Crippen molar-refractivity contribution in [2.75, 3.05) is 6.61 Å². The van der Waals surface area contributed by atoms with E-state index in [2.05, 4.69) is 22.0 Å². The normalized spacial score (nSPS) is 17.2. The summed E-state index contributed by atoms with van der Waals surface area (Å²) >= 11 is 3.54. The molecule has 0 bridgehead atoms. The number of nitrogens with two attached hydrogens (primary N) is 1. The second kappa shape index (κ2) is 5.19. The van der Waals surface area contributed by atoms with Crippen molar-refractivity contribution in [2.24, 2.45) is 11.7 Å². The van der Waals surface area contributed by atoms with Crippen LogP contribution in [0.2, 0.25) is 0 Å². The molecule has 0 aromatic heterocycles. The minimum atomic E-state index is 0.176. The highest BCUT2D eigenvalue weighted by molar-refractivity contribution is 9.10. The lowest BCUT2D eigenvalue weighted by Crippen LogP contribution is -2.18. The summed E-state index contributed by atoms with van der Waals surface area (Å²) < 4.78 is 6.86. The van der Waals surface area contributed by atoms with Crippen LogP contribution in [0.4, 0.5) is 0 Å². The monoisotopic (exact) mass is 283 g/mol. The fourth-order valence-corrected chi connectivity index (χ4v) is 2.05. The van der Waals surface area contributed by atoms with Gasteiger partial charge in [-0.3, -0.25) is 0 Å². The molecule has 2 N–H and O–H groups in total. The summed E-state index contributed by atoms with van der Waals surface area (Å²) in [6, 6.07) is 6.32. The third kappa shape index (κ3) is 3.49. The van der Waals surface area contributed by atoms with E-state index in [0.29, 0.717) is 0 Å². The van der Waals surface area contributed by atoms with Crippen LogP contribution in [-0.2, 0) is 6.42 Å². The number of benzene rings is 1. The standard InChI is InChI=1S/C13H18BrNO/c1-9(15)6-11-7-12(4-5-13(11)14)16-8-10-2-3-10/h4-5,7,9-10H,2-3,6,8,15H2,1H3. The first-order valence-corrected chi connectivity index (χ1v) is 6.61. The molecule has 1 aromatic rings. The first-order valence-electron chi connectivity index (χ1n) is 5.82. The maximum Gasteiger partial charge on any atom is 0.119 e. The highest BCUT2D eigenvalue weighted by Gasteiger charge is 2.21. The fraction of sp³-hybridized carbons (Fsp3) is 0.538. The number of hydrogen-bond acceptors (Lipinski definition) is 2. The summed E-state index contributed by atoms with van der Waals surface area (Å²) in [5.74, 6) is 1.76. The quantitative estimate of drug-likeness (QED) is 0.901. The Morgan fingerprint density at radius 3 is 2.88 bits per heavy atom. The molecular formula is C13H18BrNO. The first kappa shape index (κ1) is 11.9. The molecule has 0 spiro atoms. The van der Waals surface area contributed by atoms with Crippen LogP contribution in [0.15, 0.2) is 22.7 Å². The molecule has 0 saturated heterocycles. The number of ether oxygens (including phenoxy) is 1. The highest BCUT2D eigenvalue weighted by atomic mass is 79.9. The van der Waals surface area contributed by atoms with E-state index in [-0.39, 0.29) is 6.04 Å². The molecule has 1 aliphatic rings. The average molecular weight is 284 g/mol. The van der Waals surface area contributed by atoms with Crippen molar-refractivity contribution in [3.05, 3.63) is 28.2 Å². The molecule has 0 amide bonds. The van der Waals surface area contributed by atoms with Gasteiger partial charge in [0.1, 0.15) is 5.75 Å². The van der Waals surface area contributed by atoms with Gasteiger partial charge in [0.15, 0.2) is 0 Å². The van der Waals surface area contributed by atoms with E-state index in [1.165, 1.54) is 18.4 Å². The van der Waals surface area contributed by atoms with Crippen LogP contribution < -0.4 is 10.5 Å². The fourth-order valence-electron chi connectivity index (χ4n) is 1.64. The predicted molar refractivity (Wildman–Crippen MR) is 69.7 cm³/mol. The van der Waals surface area contributed by atoms with Crippen molar-refractivity contribution in [1.82, 2.24) is 0 Å². The van der Waals surface area contributed by atoms with Crippen LogP contribution in [0.25, 0.3) is 0 Å². The molecule has 1 aliphatic carbocycles. The zero-order valence-electron chi connectivity index (χ0n) is 9.58. The van der Waals surface area contributed by atoms with Gasteiger partial charge in [0, 0.05) is 10.5 Å². The van der Waals surface area contributed by atoms with Crippen molar-refractivity contribution in [1.29, 1.82) is 0 Å². The highest BCUT2D eigenvalue weighted by Crippen LogP contribution is 2.30. The van der Waals surface area contributed by atoms with Gasteiger partial charge in [0.25, 0.3) is 0 Å². The molecular weight excluding hydrogens is 266 g/mol. The number of hydrogen-bond donors (Lipinski definition) is 1. The molecule has 2 nitrogen and oxygen atoms in total. The molecule has 88 valence electrons. The number of rotatable bonds is 5. The summed E-state index contributed by atoms with van der Waals surface area (Å²) in [7, 11) is 0. The Morgan fingerprint density at radius 2 is 2.25 bits per heavy atom. The summed E-state index contributed by atoms with van der Waals surface area (Å²) in [5.41, 5.74) is 7.04. The molecule has 1 saturated carbocycles. The van der Waals surface area contributed by atoms with Crippen molar-refractivity contribution < 1.29 is 4.74 Å². The second-order valence-corrected chi connectivity index (χ2v) is 5.54. The van der Waals surface area contributed by atoms with Crippen LogP contribution in [-0.4, -0.2) is 12.6 Å². The van der Waals surface area contributed by atoms with E-state index < -0.39 is 0 Å². The van der Waals surface area contributed by atoms with Crippen LogP contribution in [0, 0.1) is 5.92 Å². The summed E-state index contributed by atoms with van der Waals surface area (Å²) in [6.07, 6.45) is 3.52. The molecule has 16 heavy (non-hydrogen) atoms. The number of halogens is 1. The van der Waals surface area contributed by atoms with Crippen LogP contribution >= 0.6 is 15.9 Å². The third-order valence-electron chi connectivity index (χ3n) is 2.74. The molecule has 0 heterocycles. The lowest BCUT2D eigenvalue weighted by molar-refractivity contribution is 0.299. The maximum atomic E-state index is 5.81. The Kier molecular flexibility index (Phi) is 3.87. The zero-order valence-corrected chi connectivity index (χ0v) is 11.2. The van der Waals surface area contributed by atoms with Crippen LogP contribution in [0.1, 0.15) is 25.3 Å². The molecule has 3 heteroatoms. The van der Waals surface area contributed by atoms with Crippen molar-refractivity contribution >= 4 is 15.9 Å². The largest absolute Gasteiger partial charge is 0.493 e. The average Bonchev–Trinajstić information content (AvgIpc) is 3.02. The molecule has 1 unspecified atom stereocenters. The summed E-state index contributed by atoms with van der Waals surface area (Å²) in [4.78, 5) is 0. The van der Waals surface area contributed by atoms with E-state index in [1.54, 1.807) is 0 Å². The van der Waals surface area contributed by atoms with Gasteiger partial charge in [-0.2, -0.15) is 0 Å². The first-order chi connectivity index (χ1) is 7.65. The van der Waals surface area contributed by atoms with Gasteiger partial charge in [0.2, 0.25) is 0 Å². The SMILES string of the molecule is CC(N)Cc1cc(OCC2CC2)ccc1Br. The topological polar surface area (TPSA) is 35.2 Å². The van der Waals surface area contributed by atoms with E-state index >= 15 is 0 Å². The second-order valence-electron chi connectivity index (χ2n) is 4.69. The van der Waals surface area contributed by atoms with Gasteiger partial charge in [-0.25, -0.2) is 0 Å². The third-order valence-corrected chi connectivity index (χ3v) is 3.52. The Balaban J connectivity index is 2.01. The predicted octanol–water partition coefficient (Wildman–Crippen LogP) is 3.13. The van der Waals surface area contributed by atoms with Gasteiger partial charge < -0.3 is 10.5 Å². The Bertz CT molecular complexity index is 361. The van der Waals surface area contributed by atoms with Gasteiger partial charge >= 0.3 is 0 Å². The van der Waals surface area contributed by atoms with E-state index in [4.69, 9.17) is 10.5 Å². The van der Waals surface area contributed by atoms with Crippen molar-refractivity contribution in [3.8, 4) is 5.75 Å². The minimum absolute atomic E-state index is 0.176. The molecule has 1 aromatic carbocycles. The molecule has 1 fully saturated rings. The van der Waals surface area contributed by atoms with Gasteiger partial charge in [0.05, 0.1) is 6.61 Å². The van der Waals surface area contributed by atoms with Crippen molar-refractivity contribution in [3.63, 3.8) is 0 Å². The summed E-state index contributed by atoms with van der Waals surface area (Å²) in [5, 5.41) is 0. The van der Waals surface area contributed by atoms with E-state index in [0.717, 1.165) is 29.2 Å². The van der Waals surface area contributed by atoms with Gasteiger partial charge in [-0.05, 0) is 55.9 Å². The lowest BCUT2D eigenvalue weighted by Gasteiger charge is -2.11. The van der Waals surface area contributed by atoms with Crippen LogP contribution in [0.5, 0.6) is 5.75 Å². The Hall–Kier alpha value is -0.540. The minimum Gasteiger partial charge on any atom is -0.493 e. The van der Waals surface area contributed by atoms with Gasteiger partial charge in [-0.15, -0.1) is 0 Å². The molecule has 2 rings (SSSR count). The molecule has 0 radical (unpaired) electrons. The Labute approximate surface area is 105 Å². The van der Waals surface area contributed by atoms with Gasteiger partial charge in [-0.1, -0.05) is 15.9 Å². The molecule has 0 aliphatic heterocycles. The van der Waals surface area contributed by atoms with Crippen molar-refractivity contribution in [2.45, 2.75) is 32.2 Å². The zero-order chi connectivity index (χ0) is 11.5. The smallest absolute Gasteiger partial charge is 0.119 e. The Morgan fingerprint density at radius 1 is 1.50 bits per heavy atom. The van der Waals surface area contributed by atoms with E-state index in [9.17, 15) is 0 Å². The summed E-state index contributed by atoms with van der Waals surface area (Å²) in [6.45, 7) is 2.88. The van der Waals surface area contributed by atoms with Crippen LogP contribution in [0.3, 0.4) is 0 Å². The molecule has 1 atom stereocenters.